The standard InChI is InChI=1S/C26H28N4O3/c31-24(29-13-5-9-23(18-29)26-32-14-15-33-26)11-10-22-19-30(17-20-6-2-1-3-7-20)28-25(22)21-8-4-12-27-16-21/h1-4,6-8,10-12,16,19,23,26H,5,9,13-15,17-18H2/b11-10+. The van der Waals surface area contributed by atoms with Crippen molar-refractivity contribution in [3.8, 4) is 11.3 Å². The summed E-state index contributed by atoms with van der Waals surface area (Å²) in [6.45, 7) is 3.36. The third-order valence-electron chi connectivity index (χ3n) is 6.12. The van der Waals surface area contributed by atoms with Crippen LogP contribution in [-0.2, 0) is 20.8 Å². The molecule has 0 spiro atoms. The molecule has 0 N–H and O–H groups in total. The molecule has 1 amide bonds. The van der Waals surface area contributed by atoms with Gasteiger partial charge in [0.05, 0.1) is 19.8 Å². The van der Waals surface area contributed by atoms with Gasteiger partial charge in [0.25, 0.3) is 0 Å². The van der Waals surface area contributed by atoms with Crippen molar-refractivity contribution >= 4 is 12.0 Å². The minimum Gasteiger partial charge on any atom is -0.350 e. The number of likely N-dealkylation sites (tertiary alicyclic amines) is 1. The SMILES string of the molecule is O=C(/C=C/c1cn(Cc2ccccc2)nc1-c1cccnc1)N1CCCC(C2OCCO2)C1. The van der Waals surface area contributed by atoms with E-state index in [-0.39, 0.29) is 18.1 Å². The van der Waals surface area contributed by atoms with E-state index in [0.29, 0.717) is 26.3 Å². The first-order valence-corrected chi connectivity index (χ1v) is 11.5. The summed E-state index contributed by atoms with van der Waals surface area (Å²) in [5.41, 5.74) is 3.79. The lowest BCUT2D eigenvalue weighted by molar-refractivity contribution is -0.134. The minimum atomic E-state index is -0.182. The fraction of sp³-hybridized carbons (Fsp3) is 0.346. The van der Waals surface area contributed by atoms with Crippen LogP contribution in [0.5, 0.6) is 0 Å². The van der Waals surface area contributed by atoms with Crippen LogP contribution in [0, 0.1) is 5.92 Å². The average molecular weight is 445 g/mol. The van der Waals surface area contributed by atoms with Gasteiger partial charge in [0.15, 0.2) is 6.29 Å². The van der Waals surface area contributed by atoms with Crippen molar-refractivity contribution in [1.29, 1.82) is 0 Å². The van der Waals surface area contributed by atoms with E-state index >= 15 is 0 Å². The highest BCUT2D eigenvalue weighted by Gasteiger charge is 2.32. The number of rotatable bonds is 6. The van der Waals surface area contributed by atoms with Crippen LogP contribution in [0.25, 0.3) is 17.3 Å². The third kappa shape index (κ3) is 5.21. The molecule has 1 atom stereocenters. The number of pyridine rings is 1. The molecule has 170 valence electrons. The fourth-order valence-corrected chi connectivity index (χ4v) is 4.49. The molecule has 5 rings (SSSR count). The maximum absolute atomic E-state index is 13.0. The van der Waals surface area contributed by atoms with Gasteiger partial charge in [-0.05, 0) is 36.6 Å². The van der Waals surface area contributed by atoms with Gasteiger partial charge < -0.3 is 14.4 Å². The van der Waals surface area contributed by atoms with E-state index in [1.54, 1.807) is 18.5 Å². The average Bonchev–Trinajstić information content (AvgIpc) is 3.54. The zero-order chi connectivity index (χ0) is 22.5. The van der Waals surface area contributed by atoms with Gasteiger partial charge >= 0.3 is 0 Å². The van der Waals surface area contributed by atoms with Crippen molar-refractivity contribution in [2.45, 2.75) is 25.7 Å². The molecule has 1 aromatic carbocycles. The Hall–Kier alpha value is -3.29. The summed E-state index contributed by atoms with van der Waals surface area (Å²) < 4.78 is 13.3. The summed E-state index contributed by atoms with van der Waals surface area (Å²) in [5.74, 6) is 0.240. The maximum atomic E-state index is 13.0. The van der Waals surface area contributed by atoms with E-state index in [1.165, 1.54) is 5.56 Å². The summed E-state index contributed by atoms with van der Waals surface area (Å²) in [6.07, 6.45) is 10.8. The lowest BCUT2D eigenvalue weighted by atomic mass is 9.97. The van der Waals surface area contributed by atoms with Crippen LogP contribution in [0.1, 0.15) is 24.0 Å². The molecular weight excluding hydrogens is 416 g/mol. The quantitative estimate of drug-likeness (QED) is 0.543. The smallest absolute Gasteiger partial charge is 0.246 e. The second kappa shape index (κ2) is 10.1. The molecule has 1 unspecified atom stereocenters. The van der Waals surface area contributed by atoms with Crippen molar-refractivity contribution in [3.63, 3.8) is 0 Å². The number of carbonyl (C=O) groups excluding carboxylic acids is 1. The van der Waals surface area contributed by atoms with Crippen LogP contribution in [0.4, 0.5) is 0 Å². The number of amides is 1. The Kier molecular flexibility index (Phi) is 6.60. The Morgan fingerprint density at radius 3 is 2.76 bits per heavy atom. The first-order chi connectivity index (χ1) is 16.3. The number of piperidine rings is 1. The molecule has 3 aromatic rings. The normalized spacial score (nSPS) is 19.4. The van der Waals surface area contributed by atoms with Gasteiger partial charge in [0.1, 0.15) is 5.69 Å². The predicted molar refractivity (Wildman–Crippen MR) is 125 cm³/mol. The molecule has 2 fully saturated rings. The number of ether oxygens (including phenoxy) is 2. The molecule has 0 radical (unpaired) electrons. The largest absolute Gasteiger partial charge is 0.350 e. The van der Waals surface area contributed by atoms with Gasteiger partial charge in [-0.15, -0.1) is 0 Å². The third-order valence-corrected chi connectivity index (χ3v) is 6.12. The van der Waals surface area contributed by atoms with Crippen molar-refractivity contribution in [2.75, 3.05) is 26.3 Å². The Morgan fingerprint density at radius 1 is 1.12 bits per heavy atom. The van der Waals surface area contributed by atoms with Crippen molar-refractivity contribution in [3.05, 3.63) is 78.3 Å². The molecule has 0 bridgehead atoms. The lowest BCUT2D eigenvalue weighted by Crippen LogP contribution is -2.43. The number of hydrogen-bond acceptors (Lipinski definition) is 5. The van der Waals surface area contributed by atoms with Crippen LogP contribution in [0.15, 0.2) is 67.1 Å². The Balaban J connectivity index is 1.34. The minimum absolute atomic E-state index is 0.00522. The first-order valence-electron chi connectivity index (χ1n) is 11.5. The predicted octanol–water partition coefficient (Wildman–Crippen LogP) is 3.62. The Morgan fingerprint density at radius 2 is 1.97 bits per heavy atom. The number of aromatic nitrogens is 3. The summed E-state index contributed by atoms with van der Waals surface area (Å²) in [5, 5.41) is 4.80. The molecule has 4 heterocycles. The number of hydrogen-bond donors (Lipinski definition) is 0. The second-order valence-corrected chi connectivity index (χ2v) is 8.49. The molecule has 7 heteroatoms. The van der Waals surface area contributed by atoms with E-state index in [9.17, 15) is 4.79 Å². The molecule has 0 aliphatic carbocycles. The van der Waals surface area contributed by atoms with Gasteiger partial charge in [-0.25, -0.2) is 0 Å². The van der Waals surface area contributed by atoms with E-state index in [4.69, 9.17) is 14.6 Å². The molecule has 7 nitrogen and oxygen atoms in total. The highest BCUT2D eigenvalue weighted by atomic mass is 16.7. The van der Waals surface area contributed by atoms with Gasteiger partial charge in [0.2, 0.25) is 5.91 Å². The number of benzene rings is 1. The van der Waals surface area contributed by atoms with E-state index in [0.717, 1.165) is 36.2 Å². The number of carbonyl (C=O) groups is 1. The summed E-state index contributed by atoms with van der Waals surface area (Å²) in [6, 6.07) is 14.1. The highest BCUT2D eigenvalue weighted by Crippen LogP contribution is 2.26. The molecule has 2 aliphatic heterocycles. The van der Waals surface area contributed by atoms with Crippen LogP contribution >= 0.6 is 0 Å². The van der Waals surface area contributed by atoms with E-state index < -0.39 is 0 Å². The number of nitrogens with zero attached hydrogens (tertiary/aromatic N) is 4. The zero-order valence-corrected chi connectivity index (χ0v) is 18.5. The zero-order valence-electron chi connectivity index (χ0n) is 18.5. The van der Waals surface area contributed by atoms with Crippen LogP contribution in [0.3, 0.4) is 0 Å². The topological polar surface area (TPSA) is 69.5 Å². The van der Waals surface area contributed by atoms with Gasteiger partial charge in [-0.2, -0.15) is 5.10 Å². The van der Waals surface area contributed by atoms with Crippen LogP contribution in [-0.4, -0.2) is 58.2 Å². The molecule has 0 saturated carbocycles. The molecule has 33 heavy (non-hydrogen) atoms. The molecule has 2 saturated heterocycles. The second-order valence-electron chi connectivity index (χ2n) is 8.49. The first kappa shape index (κ1) is 21.6. The van der Waals surface area contributed by atoms with Crippen LogP contribution in [0.2, 0.25) is 0 Å². The van der Waals surface area contributed by atoms with Gasteiger partial charge in [-0.3, -0.25) is 14.5 Å². The van der Waals surface area contributed by atoms with Gasteiger partial charge in [0, 0.05) is 54.8 Å². The van der Waals surface area contributed by atoms with Crippen molar-refractivity contribution in [2.24, 2.45) is 5.92 Å². The summed E-state index contributed by atoms with van der Waals surface area (Å²) >= 11 is 0. The van der Waals surface area contributed by atoms with Crippen molar-refractivity contribution in [1.82, 2.24) is 19.7 Å². The molecular formula is C26H28N4O3. The highest BCUT2D eigenvalue weighted by molar-refractivity contribution is 5.92. The van der Waals surface area contributed by atoms with Gasteiger partial charge in [-0.1, -0.05) is 30.3 Å². The monoisotopic (exact) mass is 444 g/mol. The Bertz CT molecular complexity index is 1090. The molecule has 2 aliphatic rings. The van der Waals surface area contributed by atoms with Crippen molar-refractivity contribution < 1.29 is 14.3 Å². The van der Waals surface area contributed by atoms with E-state index in [1.807, 2.05) is 52.2 Å². The fourth-order valence-electron chi connectivity index (χ4n) is 4.49. The summed E-state index contributed by atoms with van der Waals surface area (Å²) in [4.78, 5) is 19.1. The molecule has 2 aromatic heterocycles. The Labute approximate surface area is 193 Å². The lowest BCUT2D eigenvalue weighted by Gasteiger charge is -2.34. The van der Waals surface area contributed by atoms with Crippen LogP contribution < -0.4 is 0 Å². The van der Waals surface area contributed by atoms with E-state index in [2.05, 4.69) is 17.1 Å². The maximum Gasteiger partial charge on any atom is 0.246 e. The summed E-state index contributed by atoms with van der Waals surface area (Å²) in [7, 11) is 0.